The molecule has 9 heteroatoms. The first-order chi connectivity index (χ1) is 34.0. The normalized spacial score (nSPS) is 12.8. The van der Waals surface area contributed by atoms with Crippen molar-refractivity contribution in [1.29, 1.82) is 0 Å². The Balaban J connectivity index is 0.00000227. The number of pyridine rings is 1. The minimum Gasteiger partial charge on any atom is -0.294 e. The monoisotopic (exact) mass is 981 g/mol. The standard InChI is InChI=1S/C59H29Cl4N3O2.C2H6/c1-24-33-16-14-29-8-4-6-27-10-12-31(47(33)45(27)29)18-43(24)64-25(2)35-20-39(60)51-54-42(63)23-38-50-37(22-41(62)53(56(50)54)52-40(61)21-36(26(3)67)49(35)55(51)52)58-65-44-19-32-13-11-28-7-5-9-30-15-17-34(48(32)46(28)30)57(44)66(58)59(38)68;1-2/h4-23H,1-3H3;1-2H3. The Kier molecular flexibility index (Phi) is 8.65. The van der Waals surface area contributed by atoms with Gasteiger partial charge in [0.05, 0.1) is 22.1 Å². The maximum absolute atomic E-state index is 15.3. The summed E-state index contributed by atoms with van der Waals surface area (Å²) in [6, 6.07) is 41.3. The van der Waals surface area contributed by atoms with Crippen LogP contribution in [0.5, 0.6) is 0 Å². The van der Waals surface area contributed by atoms with Gasteiger partial charge in [-0.1, -0.05) is 145 Å². The fourth-order valence-electron chi connectivity index (χ4n) is 12.2. The van der Waals surface area contributed by atoms with E-state index in [-0.39, 0.29) is 11.3 Å². The molecule has 13 aromatic carbocycles. The van der Waals surface area contributed by atoms with Gasteiger partial charge in [0.2, 0.25) is 0 Å². The third-order valence-electron chi connectivity index (χ3n) is 15.0. The van der Waals surface area contributed by atoms with E-state index in [4.69, 9.17) is 56.4 Å². The molecule has 0 amide bonds. The number of fused-ring (bicyclic) bond motifs is 7. The van der Waals surface area contributed by atoms with Crippen molar-refractivity contribution in [2.75, 3.05) is 0 Å². The van der Waals surface area contributed by atoms with Crippen molar-refractivity contribution in [3.63, 3.8) is 0 Å². The number of rotatable bonds is 3. The predicted octanol–water partition coefficient (Wildman–Crippen LogP) is 18.6. The molecule has 70 heavy (non-hydrogen) atoms. The van der Waals surface area contributed by atoms with E-state index in [1.807, 2.05) is 32.9 Å². The quantitative estimate of drug-likeness (QED) is 0.0767. The van der Waals surface area contributed by atoms with Gasteiger partial charge < -0.3 is 0 Å². The summed E-state index contributed by atoms with van der Waals surface area (Å²) in [5, 5.41) is 21.0. The number of carbonyl (C=O) groups is 1. The molecule has 2 heterocycles. The molecule has 0 N–H and O–H groups in total. The summed E-state index contributed by atoms with van der Waals surface area (Å²) in [7, 11) is 0. The Labute approximate surface area is 418 Å². The first kappa shape index (κ1) is 41.8. The Morgan fingerprint density at radius 2 is 0.971 bits per heavy atom. The molecule has 0 saturated heterocycles. The molecular weight excluding hydrogens is 949 g/mol. The van der Waals surface area contributed by atoms with Crippen LogP contribution in [0.4, 0.5) is 5.69 Å². The fourth-order valence-corrected chi connectivity index (χ4v) is 13.4. The van der Waals surface area contributed by atoms with Crippen molar-refractivity contribution < 1.29 is 4.79 Å². The molecule has 0 unspecified atom stereocenters. The second kappa shape index (κ2) is 14.5. The lowest BCUT2D eigenvalue weighted by atomic mass is 9.84. The maximum atomic E-state index is 15.3. The van der Waals surface area contributed by atoms with Gasteiger partial charge in [-0.2, -0.15) is 0 Å². The van der Waals surface area contributed by atoms with E-state index >= 15 is 4.79 Å². The molecular formula is C61H35Cl4N3O2. The largest absolute Gasteiger partial charge is 0.294 e. The van der Waals surface area contributed by atoms with Gasteiger partial charge in [-0.15, -0.1) is 0 Å². The molecule has 0 radical (unpaired) electrons. The molecule has 0 fully saturated rings. The van der Waals surface area contributed by atoms with Gasteiger partial charge in [0.25, 0.3) is 5.56 Å². The predicted molar refractivity (Wildman–Crippen MR) is 301 cm³/mol. The van der Waals surface area contributed by atoms with E-state index in [1.165, 1.54) is 28.5 Å². The molecule has 15 aromatic rings. The molecule has 0 bridgehead atoms. The summed E-state index contributed by atoms with van der Waals surface area (Å²) in [4.78, 5) is 39.7. The van der Waals surface area contributed by atoms with Crippen molar-refractivity contribution in [2.24, 2.45) is 4.99 Å². The van der Waals surface area contributed by atoms with Crippen LogP contribution in [0.25, 0.3) is 135 Å². The molecule has 2 aromatic heterocycles. The number of ketones is 1. The Hall–Kier alpha value is -7.12. The number of hydrogen-bond acceptors (Lipinski definition) is 4. The third-order valence-corrected chi connectivity index (χ3v) is 16.2. The van der Waals surface area contributed by atoms with E-state index in [9.17, 15) is 4.79 Å². The Bertz CT molecular complexity index is 4930. The van der Waals surface area contributed by atoms with Gasteiger partial charge >= 0.3 is 0 Å². The summed E-state index contributed by atoms with van der Waals surface area (Å²) in [6.45, 7) is 9.59. The number of halogens is 4. The van der Waals surface area contributed by atoms with Crippen LogP contribution in [0, 0.1) is 6.92 Å². The summed E-state index contributed by atoms with van der Waals surface area (Å²) in [5.74, 6) is -0.177. The average Bonchev–Trinajstić information content (AvgIpc) is 3.76. The zero-order valence-corrected chi connectivity index (χ0v) is 41.2. The fraction of sp³-hybridized carbons (Fsp3) is 0.0820. The van der Waals surface area contributed by atoms with Gasteiger partial charge in [-0.3, -0.25) is 19.0 Å². The lowest BCUT2D eigenvalue weighted by Crippen LogP contribution is -2.14. The van der Waals surface area contributed by atoms with Gasteiger partial charge in [-0.05, 0) is 122 Å². The molecule has 0 atom stereocenters. The number of aliphatic imine (C=N–C) groups is 1. The van der Waals surface area contributed by atoms with Gasteiger partial charge in [-0.25, -0.2) is 4.98 Å². The number of carbonyl (C=O) groups excluding carboxylic acids is 1. The molecule has 5 nitrogen and oxygen atoms in total. The highest BCUT2D eigenvalue weighted by atomic mass is 35.5. The SMILES string of the molecule is CC.CC(=O)c1cc(Cl)c2c3c(Cl)cc4c5c(cc(Cl)c(c6c(Cl)cc(C(C)=Nc7cc8ccc9cccc%10ccc(c7C)c8c9%10)c1c62)c35)c(=O)n1c4nc2cc3ccc4cccc5ccc(c3c45)c21. The molecule has 0 spiro atoms. The number of aromatic nitrogens is 2. The minimum absolute atomic E-state index is 0.177. The van der Waals surface area contributed by atoms with Crippen molar-refractivity contribution in [3.05, 3.63) is 168 Å². The average molecular weight is 984 g/mol. The number of Topliss-reactive ketones (excluding diaryl/α,β-unsaturated/α-hetero) is 1. The maximum Gasteiger partial charge on any atom is 0.264 e. The first-order valence-corrected chi connectivity index (χ1v) is 24.8. The highest BCUT2D eigenvalue weighted by molar-refractivity contribution is 6.56. The third kappa shape index (κ3) is 5.20. The van der Waals surface area contributed by atoms with E-state index in [1.54, 1.807) is 16.5 Å². The number of hydrogen-bond donors (Lipinski definition) is 0. The van der Waals surface area contributed by atoms with Crippen molar-refractivity contribution in [2.45, 2.75) is 34.6 Å². The van der Waals surface area contributed by atoms with Crippen molar-refractivity contribution >= 4 is 199 Å². The number of aryl methyl sites for hydroxylation is 1. The summed E-state index contributed by atoms with van der Waals surface area (Å²) in [5.41, 5.74) is 5.26. The second-order valence-electron chi connectivity index (χ2n) is 18.4. The number of imidazole rings is 1. The van der Waals surface area contributed by atoms with Crippen LogP contribution in [-0.4, -0.2) is 20.9 Å². The zero-order chi connectivity index (χ0) is 47.9. The van der Waals surface area contributed by atoms with Crippen LogP contribution in [0.1, 0.15) is 49.2 Å². The molecule has 0 aliphatic carbocycles. The second-order valence-corrected chi connectivity index (χ2v) is 20.1. The van der Waals surface area contributed by atoms with Gasteiger partial charge in [0.15, 0.2) is 5.78 Å². The van der Waals surface area contributed by atoms with Crippen molar-refractivity contribution in [3.8, 4) is 0 Å². The number of nitrogens with zero attached hydrogens (tertiary/aromatic N) is 3. The van der Waals surface area contributed by atoms with E-state index in [2.05, 4.69) is 104 Å². The van der Waals surface area contributed by atoms with Crippen LogP contribution in [0.2, 0.25) is 20.1 Å². The summed E-state index contributed by atoms with van der Waals surface area (Å²) < 4.78 is 1.72. The zero-order valence-electron chi connectivity index (χ0n) is 38.2. The highest BCUT2D eigenvalue weighted by Crippen LogP contribution is 2.54. The molecule has 0 saturated carbocycles. The Morgan fingerprint density at radius 3 is 1.57 bits per heavy atom. The van der Waals surface area contributed by atoms with Gasteiger partial charge in [0.1, 0.15) is 5.65 Å². The van der Waals surface area contributed by atoms with E-state index in [0.29, 0.717) is 102 Å². The van der Waals surface area contributed by atoms with Crippen LogP contribution in [-0.2, 0) is 0 Å². The van der Waals surface area contributed by atoms with Crippen molar-refractivity contribution in [1.82, 2.24) is 9.38 Å². The molecule has 15 rings (SSSR count). The lowest BCUT2D eigenvalue weighted by Gasteiger charge is -2.23. The molecule has 0 aliphatic rings. The summed E-state index contributed by atoms with van der Waals surface area (Å²) in [6.07, 6.45) is 0. The van der Waals surface area contributed by atoms with Crippen LogP contribution in [0.3, 0.4) is 0 Å². The topological polar surface area (TPSA) is 63.8 Å². The minimum atomic E-state index is -0.253. The Morgan fingerprint density at radius 1 is 0.486 bits per heavy atom. The van der Waals surface area contributed by atoms with Crippen LogP contribution < -0.4 is 5.56 Å². The van der Waals surface area contributed by atoms with E-state index in [0.717, 1.165) is 59.9 Å². The molecule has 0 aliphatic heterocycles. The summed E-state index contributed by atoms with van der Waals surface area (Å²) >= 11 is 30.1. The smallest absolute Gasteiger partial charge is 0.264 e. The van der Waals surface area contributed by atoms with Crippen LogP contribution in [0.15, 0.2) is 131 Å². The highest BCUT2D eigenvalue weighted by Gasteiger charge is 2.30. The van der Waals surface area contributed by atoms with E-state index < -0.39 is 0 Å². The first-order valence-electron chi connectivity index (χ1n) is 23.3. The van der Waals surface area contributed by atoms with Crippen LogP contribution >= 0.6 is 46.4 Å². The molecule has 334 valence electrons. The van der Waals surface area contributed by atoms with Gasteiger partial charge in [0, 0.05) is 90.8 Å². The number of benzene rings is 13. The lowest BCUT2D eigenvalue weighted by molar-refractivity contribution is 0.101.